The van der Waals surface area contributed by atoms with E-state index >= 15 is 0 Å². The Morgan fingerprint density at radius 1 is 0.613 bits per heavy atom. The third-order valence-electron chi connectivity index (χ3n) is 14.4. The second-order valence-electron chi connectivity index (χ2n) is 20.2. The second kappa shape index (κ2) is 24.7. The van der Waals surface area contributed by atoms with Crippen molar-refractivity contribution in [2.75, 3.05) is 46.4 Å². The fourth-order valence-corrected chi connectivity index (χ4v) is 9.92. The van der Waals surface area contributed by atoms with Gasteiger partial charge in [-0.15, -0.1) is 0 Å². The van der Waals surface area contributed by atoms with Crippen molar-refractivity contribution in [2.45, 2.75) is 89.9 Å². The van der Waals surface area contributed by atoms with Crippen LogP contribution in [0.3, 0.4) is 0 Å². The van der Waals surface area contributed by atoms with Gasteiger partial charge in [0.25, 0.3) is 23.6 Å². The van der Waals surface area contributed by atoms with Crippen LogP contribution in [0.1, 0.15) is 97.6 Å². The molecule has 416 valence electrons. The largest absolute Gasteiger partial charge is 0.497 e. The summed E-state index contributed by atoms with van der Waals surface area (Å²) in [6, 6.07) is 19.2. The Balaban J connectivity index is 0.739. The number of carbonyl (C=O) groups is 7. The second-order valence-corrected chi connectivity index (χ2v) is 20.2. The lowest BCUT2D eigenvalue weighted by Crippen LogP contribution is -2.53. The molecular formula is C60H64N8O12. The van der Waals surface area contributed by atoms with E-state index in [1.54, 1.807) is 86.5 Å². The number of aliphatic imine (C=N–C) groups is 2. The van der Waals surface area contributed by atoms with Crippen molar-refractivity contribution in [1.29, 1.82) is 0 Å². The predicted octanol–water partition coefficient (Wildman–Crippen LogP) is 7.57. The summed E-state index contributed by atoms with van der Waals surface area (Å²) in [7, 11) is 4.65. The number of benzene rings is 4. The van der Waals surface area contributed by atoms with Gasteiger partial charge in [0, 0.05) is 87.0 Å². The lowest BCUT2D eigenvalue weighted by molar-refractivity contribution is -0.137. The van der Waals surface area contributed by atoms with Crippen LogP contribution >= 0.6 is 0 Å². The first-order valence-corrected chi connectivity index (χ1v) is 26.7. The lowest BCUT2D eigenvalue weighted by Gasteiger charge is -2.24. The molecule has 0 bridgehead atoms. The zero-order chi connectivity index (χ0) is 56.6. The zero-order valence-electron chi connectivity index (χ0n) is 45.5. The molecule has 80 heavy (non-hydrogen) atoms. The van der Waals surface area contributed by atoms with Crippen LogP contribution < -0.4 is 39.6 Å². The third-order valence-corrected chi connectivity index (χ3v) is 14.4. The molecule has 20 nitrogen and oxygen atoms in total. The fourth-order valence-electron chi connectivity index (χ4n) is 9.92. The number of carbonyl (C=O) groups excluding carboxylic acids is 7. The Kier molecular flexibility index (Phi) is 17.2. The Labute approximate surface area is 463 Å². The maximum atomic E-state index is 14.1. The summed E-state index contributed by atoms with van der Waals surface area (Å²) in [5.74, 6) is -0.270. The lowest BCUT2D eigenvalue weighted by atomic mass is 10.0. The molecule has 3 N–H and O–H groups in total. The monoisotopic (exact) mass is 1090 g/mol. The van der Waals surface area contributed by atoms with E-state index in [1.807, 2.05) is 48.8 Å². The molecule has 9 rings (SSSR count). The van der Waals surface area contributed by atoms with Crippen molar-refractivity contribution in [2.24, 2.45) is 15.9 Å². The predicted molar refractivity (Wildman–Crippen MR) is 300 cm³/mol. The molecule has 0 saturated heterocycles. The van der Waals surface area contributed by atoms with Gasteiger partial charge in [-0.05, 0) is 84.4 Å². The molecule has 4 aromatic rings. The molecule has 0 aliphatic carbocycles. The van der Waals surface area contributed by atoms with Gasteiger partial charge in [-0.25, -0.2) is 0 Å². The number of rotatable bonds is 23. The van der Waals surface area contributed by atoms with Gasteiger partial charge in [0.15, 0.2) is 23.0 Å². The minimum Gasteiger partial charge on any atom is -0.497 e. The van der Waals surface area contributed by atoms with E-state index in [-0.39, 0.29) is 73.7 Å². The highest BCUT2D eigenvalue weighted by Crippen LogP contribution is 2.42. The standard InChI is InChI=1S/C60H64N8O12/c1-35(2)56(65-53(69)11-8-7-9-22-66-54(70)20-21-55(66)71)58(73)63-36(3)57(72)64-41-16-12-37(13-17-41)39-25-42-31-61-47-29-51(49(77-5)27-45(47)59(74)67(42)33-39)79-23-10-24-80-52-30-48-46(28-50(52)78-6)60(75)68-34-40(26-43(68)32-62-48)38-14-18-44(76-4)19-15-38/h12-21,27-36,42-43,56H,7-11,22-26H2,1-6H3,(H,63,73)(H,64,72)(H,65,69)/t36-,42?,43-,56?/m0/s1. The number of amides is 7. The number of unbranched alkanes of at least 4 members (excludes halogenated alkanes) is 2. The van der Waals surface area contributed by atoms with Gasteiger partial charge >= 0.3 is 0 Å². The molecule has 5 aliphatic heterocycles. The molecule has 4 aromatic carbocycles. The van der Waals surface area contributed by atoms with Gasteiger partial charge in [0.05, 0.1) is 69.1 Å². The van der Waals surface area contributed by atoms with Gasteiger partial charge in [0.1, 0.15) is 17.8 Å². The van der Waals surface area contributed by atoms with Crippen LogP contribution in [-0.4, -0.2) is 134 Å². The first-order chi connectivity index (χ1) is 38.6. The highest BCUT2D eigenvalue weighted by molar-refractivity contribution is 6.13. The first kappa shape index (κ1) is 55.7. The summed E-state index contributed by atoms with van der Waals surface area (Å²) >= 11 is 0. The number of fused-ring (bicyclic) bond motifs is 4. The van der Waals surface area contributed by atoms with E-state index in [4.69, 9.17) is 33.7 Å². The van der Waals surface area contributed by atoms with Gasteiger partial charge in [-0.1, -0.05) is 44.5 Å². The van der Waals surface area contributed by atoms with Gasteiger partial charge in [-0.2, -0.15) is 0 Å². The molecule has 0 saturated carbocycles. The van der Waals surface area contributed by atoms with E-state index < -0.39 is 23.9 Å². The summed E-state index contributed by atoms with van der Waals surface area (Å²) in [5, 5.41) is 8.34. The van der Waals surface area contributed by atoms with Crippen molar-refractivity contribution < 1.29 is 57.2 Å². The Hall–Kier alpha value is -9.07. The molecule has 5 aliphatic rings. The smallest absolute Gasteiger partial charge is 0.260 e. The first-order valence-electron chi connectivity index (χ1n) is 26.7. The molecule has 5 heterocycles. The fraction of sp³-hybridized carbons (Fsp3) is 0.350. The molecule has 0 spiro atoms. The molecule has 20 heteroatoms. The number of hydrogen-bond donors (Lipinski definition) is 3. The third kappa shape index (κ3) is 12.4. The van der Waals surface area contributed by atoms with Crippen molar-refractivity contribution in [3.63, 3.8) is 0 Å². The SMILES string of the molecule is COc1ccc(C2=CN3C(=O)c4cc(OC)c(OCCCOc5cc6c(cc5OC)C(=O)N5C=C(c7ccc(NC(=O)[C@H](C)NC(=O)C(NC(=O)CCCCCN8C(=O)C=CC8=O)C(C)C)cc7)CC5C=N6)cc4N=C[C@@H]3C2)cc1. The minimum atomic E-state index is -0.926. The maximum Gasteiger partial charge on any atom is 0.260 e. The summed E-state index contributed by atoms with van der Waals surface area (Å²) < 4.78 is 29.0. The van der Waals surface area contributed by atoms with Crippen molar-refractivity contribution in [3.8, 4) is 28.7 Å². The molecular weight excluding hydrogens is 1020 g/mol. The highest BCUT2D eigenvalue weighted by atomic mass is 16.5. The van der Waals surface area contributed by atoms with Crippen molar-refractivity contribution in [1.82, 2.24) is 25.3 Å². The van der Waals surface area contributed by atoms with Gasteiger partial charge in [-0.3, -0.25) is 48.4 Å². The average Bonchev–Trinajstić information content (AvgIpc) is 4.15. The van der Waals surface area contributed by atoms with Crippen LogP contribution in [-0.2, 0) is 24.0 Å². The molecule has 0 fully saturated rings. The quantitative estimate of drug-likeness (QED) is 0.0482. The van der Waals surface area contributed by atoms with Crippen LogP contribution in [0.15, 0.2) is 107 Å². The number of methoxy groups -OCH3 is 3. The van der Waals surface area contributed by atoms with E-state index in [2.05, 4.69) is 16.0 Å². The summed E-state index contributed by atoms with van der Waals surface area (Å²) in [5.41, 5.74) is 5.94. The van der Waals surface area contributed by atoms with E-state index in [0.717, 1.165) is 32.9 Å². The highest BCUT2D eigenvalue weighted by Gasteiger charge is 2.36. The molecule has 7 amide bonds. The van der Waals surface area contributed by atoms with Crippen molar-refractivity contribution in [3.05, 3.63) is 120 Å². The molecule has 0 radical (unpaired) electrons. The number of nitrogens with one attached hydrogen (secondary N) is 3. The number of anilines is 1. The average molecular weight is 1090 g/mol. The van der Waals surface area contributed by atoms with Crippen LogP contribution in [0.2, 0.25) is 0 Å². The Morgan fingerprint density at radius 2 is 1.14 bits per heavy atom. The summed E-state index contributed by atoms with van der Waals surface area (Å²) in [6.07, 6.45) is 13.1. The molecule has 4 atom stereocenters. The minimum absolute atomic E-state index is 0.162. The van der Waals surface area contributed by atoms with E-state index in [1.165, 1.54) is 26.4 Å². The van der Waals surface area contributed by atoms with Crippen LogP contribution in [0.4, 0.5) is 17.1 Å². The number of ether oxygens (including phenoxy) is 5. The molecule has 2 unspecified atom stereocenters. The summed E-state index contributed by atoms with van der Waals surface area (Å²) in [4.78, 5) is 105. The molecule has 0 aromatic heterocycles. The normalized spacial score (nSPS) is 17.6. The van der Waals surface area contributed by atoms with E-state index in [0.29, 0.717) is 89.7 Å². The Bertz CT molecular complexity index is 3220. The maximum absolute atomic E-state index is 14.1. The number of imide groups is 1. The topological polar surface area (TPSA) is 236 Å². The van der Waals surface area contributed by atoms with E-state index in [9.17, 15) is 33.6 Å². The number of hydrogen-bond acceptors (Lipinski definition) is 14. The number of nitrogens with zero attached hydrogens (tertiary/aromatic N) is 5. The van der Waals surface area contributed by atoms with Crippen molar-refractivity contribution >= 4 is 82.0 Å². The van der Waals surface area contributed by atoms with Crippen LogP contribution in [0.25, 0.3) is 11.1 Å². The van der Waals surface area contributed by atoms with Crippen LogP contribution in [0, 0.1) is 5.92 Å². The zero-order valence-corrected chi connectivity index (χ0v) is 45.5. The Morgan fingerprint density at radius 3 is 1.64 bits per heavy atom. The van der Waals surface area contributed by atoms with Gasteiger partial charge < -0.3 is 49.4 Å². The van der Waals surface area contributed by atoms with Crippen LogP contribution in [0.5, 0.6) is 28.7 Å². The summed E-state index contributed by atoms with van der Waals surface area (Å²) in [6.45, 7) is 5.94. The van der Waals surface area contributed by atoms with Gasteiger partial charge in [0.2, 0.25) is 17.7 Å².